The van der Waals surface area contributed by atoms with Gasteiger partial charge in [0.1, 0.15) is 11.9 Å². The predicted octanol–water partition coefficient (Wildman–Crippen LogP) is 2.49. The summed E-state index contributed by atoms with van der Waals surface area (Å²) in [6.07, 6.45) is 0.586. The summed E-state index contributed by atoms with van der Waals surface area (Å²) in [6, 6.07) is 0. The molecular weight excluding hydrogens is 246 g/mol. The van der Waals surface area contributed by atoms with Crippen LogP contribution in [0.1, 0.15) is 20.8 Å². The first-order valence-electron chi connectivity index (χ1n) is 4.88. The molecule has 0 bridgehead atoms. The summed E-state index contributed by atoms with van der Waals surface area (Å²) in [5.41, 5.74) is -0.589. The Labute approximate surface area is 104 Å². The zero-order valence-electron chi connectivity index (χ0n) is 10.1. The number of hydrogen-bond acceptors (Lipinski definition) is 5. The van der Waals surface area contributed by atoms with E-state index in [0.29, 0.717) is 0 Å². The first-order valence-corrected chi connectivity index (χ1v) is 5.26. The minimum atomic E-state index is -0.634. The molecule has 0 spiro atoms. The van der Waals surface area contributed by atoms with Crippen molar-refractivity contribution in [1.82, 2.24) is 9.97 Å². The van der Waals surface area contributed by atoms with Gasteiger partial charge in [0, 0.05) is 0 Å². The summed E-state index contributed by atoms with van der Waals surface area (Å²) >= 11 is 5.78. The third kappa shape index (κ3) is 4.07. The summed E-state index contributed by atoms with van der Waals surface area (Å²) in [4.78, 5) is 19.1. The molecule has 6 nitrogen and oxygen atoms in total. The molecule has 1 rings (SSSR count). The zero-order chi connectivity index (χ0) is 13.1. The first-order chi connectivity index (χ1) is 7.83. The number of methoxy groups -OCH3 is 1. The molecule has 0 fully saturated rings. The predicted molar refractivity (Wildman–Crippen MR) is 63.5 cm³/mol. The number of nitrogens with one attached hydrogen (secondary N) is 1. The van der Waals surface area contributed by atoms with E-state index < -0.39 is 11.7 Å². The van der Waals surface area contributed by atoms with Gasteiger partial charge in [-0.25, -0.2) is 14.8 Å². The van der Waals surface area contributed by atoms with E-state index in [0.717, 1.165) is 0 Å². The van der Waals surface area contributed by atoms with Gasteiger partial charge < -0.3 is 9.47 Å². The number of nitrogens with zero attached hydrogens (tertiary/aromatic N) is 2. The number of aromatic nitrogens is 2. The number of halogens is 1. The molecule has 0 unspecified atom stereocenters. The standard InChI is InChI=1S/C10H14ClN3O3/c1-10(2,3)17-9(15)14-8-6(16-4)7(11)12-5-13-8/h5H,1-4H3,(H,12,13,14,15). The molecule has 0 aliphatic carbocycles. The van der Waals surface area contributed by atoms with Gasteiger partial charge >= 0.3 is 6.09 Å². The van der Waals surface area contributed by atoms with Gasteiger partial charge in [-0.3, -0.25) is 5.32 Å². The van der Waals surface area contributed by atoms with Gasteiger partial charge in [0.15, 0.2) is 16.7 Å². The number of amides is 1. The van der Waals surface area contributed by atoms with Crippen LogP contribution in [0, 0.1) is 0 Å². The molecule has 1 aromatic rings. The number of anilines is 1. The maximum Gasteiger partial charge on any atom is 0.413 e. The SMILES string of the molecule is COc1c(Cl)ncnc1NC(=O)OC(C)(C)C. The van der Waals surface area contributed by atoms with E-state index in [1.807, 2.05) is 0 Å². The minimum Gasteiger partial charge on any atom is -0.490 e. The second-order valence-electron chi connectivity index (χ2n) is 4.17. The molecule has 0 saturated carbocycles. The lowest BCUT2D eigenvalue weighted by Crippen LogP contribution is -2.27. The average molecular weight is 260 g/mol. The summed E-state index contributed by atoms with van der Waals surface area (Å²) in [5, 5.41) is 2.56. The smallest absolute Gasteiger partial charge is 0.413 e. The molecule has 17 heavy (non-hydrogen) atoms. The maximum absolute atomic E-state index is 11.5. The van der Waals surface area contributed by atoms with Crippen molar-refractivity contribution < 1.29 is 14.3 Å². The van der Waals surface area contributed by atoms with Crippen molar-refractivity contribution in [3.63, 3.8) is 0 Å². The molecule has 0 aliphatic heterocycles. The van der Waals surface area contributed by atoms with Crippen LogP contribution in [0.25, 0.3) is 0 Å². The second kappa shape index (κ2) is 5.18. The molecule has 7 heteroatoms. The molecule has 1 aromatic heterocycles. The van der Waals surface area contributed by atoms with E-state index in [2.05, 4.69) is 15.3 Å². The highest BCUT2D eigenvalue weighted by Crippen LogP contribution is 2.28. The van der Waals surface area contributed by atoms with Gasteiger partial charge in [-0.1, -0.05) is 11.6 Å². The molecule has 0 aromatic carbocycles. The van der Waals surface area contributed by atoms with Crippen molar-refractivity contribution in [2.75, 3.05) is 12.4 Å². The Balaban J connectivity index is 2.82. The van der Waals surface area contributed by atoms with E-state index in [4.69, 9.17) is 21.1 Å². The lowest BCUT2D eigenvalue weighted by atomic mass is 10.2. The largest absolute Gasteiger partial charge is 0.490 e. The van der Waals surface area contributed by atoms with Gasteiger partial charge in [0.05, 0.1) is 7.11 Å². The van der Waals surface area contributed by atoms with Gasteiger partial charge in [-0.15, -0.1) is 0 Å². The molecule has 0 radical (unpaired) electrons. The topological polar surface area (TPSA) is 73.3 Å². The summed E-state index contributed by atoms with van der Waals surface area (Å²) in [7, 11) is 1.41. The van der Waals surface area contributed by atoms with Gasteiger partial charge in [-0.2, -0.15) is 0 Å². The van der Waals surface area contributed by atoms with Crippen LogP contribution in [0.2, 0.25) is 5.15 Å². The minimum absolute atomic E-state index is 0.119. The third-order valence-corrected chi connectivity index (χ3v) is 1.85. The van der Waals surface area contributed by atoms with Crippen LogP contribution >= 0.6 is 11.6 Å². The maximum atomic E-state index is 11.5. The van der Waals surface area contributed by atoms with Gasteiger partial charge in [0.25, 0.3) is 0 Å². The van der Waals surface area contributed by atoms with E-state index in [1.165, 1.54) is 13.4 Å². The number of ether oxygens (including phenoxy) is 2. The van der Waals surface area contributed by atoms with Crippen LogP contribution in [0.4, 0.5) is 10.6 Å². The van der Waals surface area contributed by atoms with Crippen LogP contribution < -0.4 is 10.1 Å². The summed E-state index contributed by atoms with van der Waals surface area (Å²) in [6.45, 7) is 5.28. The van der Waals surface area contributed by atoms with Crippen LogP contribution in [0.5, 0.6) is 5.75 Å². The van der Waals surface area contributed by atoms with Crippen molar-refractivity contribution in [1.29, 1.82) is 0 Å². The highest BCUT2D eigenvalue weighted by molar-refractivity contribution is 6.31. The van der Waals surface area contributed by atoms with Gasteiger partial charge in [0.2, 0.25) is 0 Å². The first kappa shape index (κ1) is 13.5. The fourth-order valence-corrected chi connectivity index (χ4v) is 1.23. The second-order valence-corrected chi connectivity index (χ2v) is 4.53. The van der Waals surface area contributed by atoms with Gasteiger partial charge in [-0.05, 0) is 20.8 Å². The molecule has 94 valence electrons. The number of carbonyl (C=O) groups excluding carboxylic acids is 1. The fraction of sp³-hybridized carbons (Fsp3) is 0.500. The van der Waals surface area contributed by atoms with Crippen molar-refractivity contribution in [3.8, 4) is 5.75 Å². The van der Waals surface area contributed by atoms with E-state index in [-0.39, 0.29) is 16.7 Å². The lowest BCUT2D eigenvalue weighted by molar-refractivity contribution is 0.0634. The van der Waals surface area contributed by atoms with Crippen LogP contribution in [-0.4, -0.2) is 28.8 Å². The Morgan fingerprint density at radius 3 is 2.59 bits per heavy atom. The monoisotopic (exact) mass is 259 g/mol. The molecule has 0 aliphatic rings. The molecule has 1 N–H and O–H groups in total. The Hall–Kier alpha value is -1.56. The molecular formula is C10H14ClN3O3. The quantitative estimate of drug-likeness (QED) is 0.826. The fourth-order valence-electron chi connectivity index (χ4n) is 1.02. The normalized spacial score (nSPS) is 10.9. The Kier molecular flexibility index (Phi) is 4.11. The van der Waals surface area contributed by atoms with E-state index in [9.17, 15) is 4.79 Å². The van der Waals surface area contributed by atoms with Crippen molar-refractivity contribution >= 4 is 23.5 Å². The Morgan fingerprint density at radius 2 is 2.06 bits per heavy atom. The Morgan fingerprint density at radius 1 is 1.41 bits per heavy atom. The van der Waals surface area contributed by atoms with Crippen molar-refractivity contribution in [3.05, 3.63) is 11.5 Å². The summed E-state index contributed by atoms with van der Waals surface area (Å²) in [5.74, 6) is 0.363. The van der Waals surface area contributed by atoms with Crippen LogP contribution in [0.15, 0.2) is 6.33 Å². The molecule has 1 heterocycles. The molecule has 0 atom stereocenters. The van der Waals surface area contributed by atoms with Crippen LogP contribution in [-0.2, 0) is 4.74 Å². The molecule has 0 saturated heterocycles. The van der Waals surface area contributed by atoms with Crippen molar-refractivity contribution in [2.24, 2.45) is 0 Å². The number of carbonyl (C=O) groups is 1. The highest BCUT2D eigenvalue weighted by atomic mass is 35.5. The zero-order valence-corrected chi connectivity index (χ0v) is 10.8. The number of rotatable bonds is 2. The highest BCUT2D eigenvalue weighted by Gasteiger charge is 2.19. The van der Waals surface area contributed by atoms with Crippen LogP contribution in [0.3, 0.4) is 0 Å². The van der Waals surface area contributed by atoms with Crippen molar-refractivity contribution in [2.45, 2.75) is 26.4 Å². The third-order valence-electron chi connectivity index (χ3n) is 1.58. The lowest BCUT2D eigenvalue weighted by Gasteiger charge is -2.19. The summed E-state index contributed by atoms with van der Waals surface area (Å²) < 4.78 is 10.1. The average Bonchev–Trinajstić information content (AvgIpc) is 2.14. The van der Waals surface area contributed by atoms with E-state index >= 15 is 0 Å². The Bertz CT molecular complexity index is 418. The molecule has 1 amide bonds. The van der Waals surface area contributed by atoms with E-state index in [1.54, 1.807) is 20.8 Å². The number of hydrogen-bond donors (Lipinski definition) is 1.